The van der Waals surface area contributed by atoms with Crippen molar-refractivity contribution in [2.75, 3.05) is 0 Å². The maximum atomic E-state index is 6.36. The Morgan fingerprint density at radius 3 is 2.58 bits per heavy atom. The van der Waals surface area contributed by atoms with Crippen LogP contribution < -0.4 is 0 Å². The molecule has 0 radical (unpaired) electrons. The fraction of sp³-hybridized carbons (Fsp3) is 0.765. The summed E-state index contributed by atoms with van der Waals surface area (Å²) in [7, 11) is -1.61. The van der Waals surface area contributed by atoms with Gasteiger partial charge >= 0.3 is 0 Å². The Labute approximate surface area is 121 Å². The van der Waals surface area contributed by atoms with E-state index in [1.54, 1.807) is 0 Å². The van der Waals surface area contributed by atoms with Crippen LogP contribution in [0.3, 0.4) is 0 Å². The Morgan fingerprint density at radius 2 is 2.05 bits per heavy atom. The zero-order valence-electron chi connectivity index (χ0n) is 13.7. The van der Waals surface area contributed by atoms with E-state index in [1.165, 1.54) is 19.3 Å². The first-order chi connectivity index (χ1) is 8.72. The molecule has 0 aromatic carbocycles. The molecular formula is C17H32OSi. The van der Waals surface area contributed by atoms with E-state index >= 15 is 0 Å². The predicted molar refractivity (Wildman–Crippen MR) is 88.0 cm³/mol. The third-order valence-corrected chi connectivity index (χ3v) is 9.05. The van der Waals surface area contributed by atoms with Crippen molar-refractivity contribution in [3.8, 4) is 0 Å². The molecule has 2 atom stereocenters. The Bertz CT molecular complexity index is 323. The Hall–Kier alpha value is -0.343. The molecule has 1 nitrogen and oxygen atoms in total. The SMILES string of the molecule is C[C@H](C/C=C/[C@H]1C=CCCC1)O[Si](C)(C)C(C)(C)C. The van der Waals surface area contributed by atoms with Gasteiger partial charge in [0.2, 0.25) is 0 Å². The van der Waals surface area contributed by atoms with Gasteiger partial charge in [-0.1, -0.05) is 45.1 Å². The van der Waals surface area contributed by atoms with Crippen molar-refractivity contribution in [2.24, 2.45) is 5.92 Å². The highest BCUT2D eigenvalue weighted by molar-refractivity contribution is 6.74. The average Bonchev–Trinajstić information content (AvgIpc) is 2.28. The number of allylic oxidation sites excluding steroid dienone is 3. The number of hydrogen-bond donors (Lipinski definition) is 0. The molecule has 0 fully saturated rings. The lowest BCUT2D eigenvalue weighted by Gasteiger charge is -2.38. The first kappa shape index (κ1) is 16.7. The summed E-state index contributed by atoms with van der Waals surface area (Å²) in [6.07, 6.45) is 14.6. The Kier molecular flexibility index (Phi) is 6.06. The first-order valence-corrected chi connectivity index (χ1v) is 10.6. The summed E-state index contributed by atoms with van der Waals surface area (Å²) in [6, 6.07) is 0. The third kappa shape index (κ3) is 5.66. The Morgan fingerprint density at radius 1 is 1.37 bits per heavy atom. The van der Waals surface area contributed by atoms with Crippen molar-refractivity contribution in [2.45, 2.75) is 77.6 Å². The normalized spacial score (nSPS) is 22.9. The second-order valence-corrected chi connectivity index (χ2v) is 12.1. The molecule has 0 aromatic rings. The third-order valence-electron chi connectivity index (χ3n) is 4.44. The molecule has 2 heteroatoms. The van der Waals surface area contributed by atoms with E-state index in [1.807, 2.05) is 0 Å². The van der Waals surface area contributed by atoms with Gasteiger partial charge in [-0.05, 0) is 56.7 Å². The summed E-state index contributed by atoms with van der Waals surface area (Å²) in [5, 5.41) is 0.303. The molecule has 0 bridgehead atoms. The average molecular weight is 281 g/mol. The van der Waals surface area contributed by atoms with Gasteiger partial charge in [0.05, 0.1) is 0 Å². The van der Waals surface area contributed by atoms with Crippen molar-refractivity contribution in [3.05, 3.63) is 24.3 Å². The molecule has 0 aromatic heterocycles. The minimum Gasteiger partial charge on any atom is -0.414 e. The van der Waals surface area contributed by atoms with E-state index < -0.39 is 8.32 Å². The van der Waals surface area contributed by atoms with E-state index in [2.05, 4.69) is 65.1 Å². The largest absolute Gasteiger partial charge is 0.414 e. The van der Waals surface area contributed by atoms with Crippen molar-refractivity contribution < 1.29 is 4.43 Å². The minimum atomic E-state index is -1.61. The van der Waals surface area contributed by atoms with Crippen molar-refractivity contribution in [1.82, 2.24) is 0 Å². The van der Waals surface area contributed by atoms with Crippen LogP contribution in [0.5, 0.6) is 0 Å². The van der Waals surface area contributed by atoms with Crippen LogP contribution in [0.1, 0.15) is 53.4 Å². The van der Waals surface area contributed by atoms with Gasteiger partial charge in [0.1, 0.15) is 0 Å². The first-order valence-electron chi connectivity index (χ1n) is 7.73. The summed E-state index contributed by atoms with van der Waals surface area (Å²) in [4.78, 5) is 0. The zero-order chi connectivity index (χ0) is 14.5. The van der Waals surface area contributed by atoms with Crippen LogP contribution >= 0.6 is 0 Å². The van der Waals surface area contributed by atoms with Gasteiger partial charge in [-0.3, -0.25) is 0 Å². The highest BCUT2D eigenvalue weighted by Gasteiger charge is 2.38. The topological polar surface area (TPSA) is 9.23 Å². The molecule has 0 aliphatic heterocycles. The zero-order valence-corrected chi connectivity index (χ0v) is 14.7. The molecular weight excluding hydrogens is 248 g/mol. The summed E-state index contributed by atoms with van der Waals surface area (Å²) < 4.78 is 6.36. The van der Waals surface area contributed by atoms with Gasteiger partial charge in [0.15, 0.2) is 8.32 Å². The van der Waals surface area contributed by atoms with Crippen molar-refractivity contribution in [3.63, 3.8) is 0 Å². The molecule has 0 spiro atoms. The molecule has 1 aliphatic carbocycles. The monoisotopic (exact) mass is 280 g/mol. The van der Waals surface area contributed by atoms with Crippen molar-refractivity contribution in [1.29, 1.82) is 0 Å². The Balaban J connectivity index is 2.39. The molecule has 0 N–H and O–H groups in total. The van der Waals surface area contributed by atoms with Gasteiger partial charge in [0.25, 0.3) is 0 Å². The van der Waals surface area contributed by atoms with Gasteiger partial charge in [-0.25, -0.2) is 0 Å². The molecule has 1 aliphatic rings. The highest BCUT2D eigenvalue weighted by atomic mass is 28.4. The molecule has 19 heavy (non-hydrogen) atoms. The van der Waals surface area contributed by atoms with Crippen LogP contribution in [0.15, 0.2) is 24.3 Å². The van der Waals surface area contributed by atoms with E-state index in [0.29, 0.717) is 17.1 Å². The smallest absolute Gasteiger partial charge is 0.192 e. The molecule has 110 valence electrons. The predicted octanol–water partition coefficient (Wildman–Crippen LogP) is 5.70. The molecule has 0 amide bonds. The van der Waals surface area contributed by atoms with Crippen LogP contribution in [0.4, 0.5) is 0 Å². The number of rotatable bonds is 5. The van der Waals surface area contributed by atoms with E-state index in [0.717, 1.165) is 6.42 Å². The van der Waals surface area contributed by atoms with Gasteiger partial charge in [0, 0.05) is 6.10 Å². The quantitative estimate of drug-likeness (QED) is 0.463. The lowest BCUT2D eigenvalue weighted by Crippen LogP contribution is -2.43. The van der Waals surface area contributed by atoms with E-state index in [4.69, 9.17) is 4.43 Å². The minimum absolute atomic E-state index is 0.303. The van der Waals surface area contributed by atoms with Crippen molar-refractivity contribution >= 4 is 8.32 Å². The lowest BCUT2D eigenvalue weighted by molar-refractivity contribution is 0.202. The number of hydrogen-bond acceptors (Lipinski definition) is 1. The molecule has 1 rings (SSSR count). The second-order valence-electron chi connectivity index (χ2n) is 7.38. The summed E-state index contributed by atoms with van der Waals surface area (Å²) in [5.41, 5.74) is 0. The summed E-state index contributed by atoms with van der Waals surface area (Å²) in [6.45, 7) is 13.8. The maximum Gasteiger partial charge on any atom is 0.192 e. The summed E-state index contributed by atoms with van der Waals surface area (Å²) in [5.74, 6) is 0.661. The van der Waals surface area contributed by atoms with Crippen LogP contribution in [0.2, 0.25) is 18.1 Å². The van der Waals surface area contributed by atoms with E-state index in [-0.39, 0.29) is 0 Å². The highest BCUT2D eigenvalue weighted by Crippen LogP contribution is 2.37. The summed E-state index contributed by atoms with van der Waals surface area (Å²) >= 11 is 0. The van der Waals surface area contributed by atoms with E-state index in [9.17, 15) is 0 Å². The van der Waals surface area contributed by atoms with Crippen LogP contribution in [0, 0.1) is 5.92 Å². The fourth-order valence-corrected chi connectivity index (χ4v) is 3.63. The fourth-order valence-electron chi connectivity index (χ4n) is 2.17. The maximum absolute atomic E-state index is 6.36. The standard InChI is InChI=1S/C17H32OSi/c1-15(18-19(5,6)17(2,3)4)11-10-14-16-12-8-7-9-13-16/h8,10,12,14-16H,7,9,11,13H2,1-6H3/b14-10+/t15-,16+/m1/s1. The molecule has 0 unspecified atom stereocenters. The van der Waals surface area contributed by atoms with Gasteiger partial charge < -0.3 is 4.43 Å². The molecule has 0 saturated carbocycles. The van der Waals surface area contributed by atoms with Crippen LogP contribution in [-0.2, 0) is 4.43 Å². The van der Waals surface area contributed by atoms with Gasteiger partial charge in [-0.15, -0.1) is 0 Å². The van der Waals surface area contributed by atoms with Crippen LogP contribution in [-0.4, -0.2) is 14.4 Å². The molecule has 0 heterocycles. The second kappa shape index (κ2) is 6.89. The van der Waals surface area contributed by atoms with Gasteiger partial charge in [-0.2, -0.15) is 0 Å². The lowest BCUT2D eigenvalue weighted by atomic mass is 9.95. The molecule has 0 saturated heterocycles. The van der Waals surface area contributed by atoms with Crippen LogP contribution in [0.25, 0.3) is 0 Å².